The van der Waals surface area contributed by atoms with E-state index in [9.17, 15) is 0 Å². The number of nitrogens with one attached hydrogen (secondary N) is 1. The fraction of sp³-hybridized carbons (Fsp3) is 0.182. The Kier molecular flexibility index (Phi) is 4.31. The summed E-state index contributed by atoms with van der Waals surface area (Å²) >= 11 is 17.2. The first kappa shape index (κ1) is 13.1. The number of halogens is 3. The third kappa shape index (κ3) is 3.13. The molecule has 1 aromatic carbocycles. The summed E-state index contributed by atoms with van der Waals surface area (Å²) in [5, 5.41) is 5.36. The second-order valence-electron chi connectivity index (χ2n) is 3.42. The molecule has 0 unspecified atom stereocenters. The van der Waals surface area contributed by atoms with Crippen molar-refractivity contribution < 1.29 is 0 Å². The molecule has 2 aromatic rings. The van der Waals surface area contributed by atoms with Gasteiger partial charge in [-0.15, -0.1) is 11.3 Å². The van der Waals surface area contributed by atoms with Crippen LogP contribution in [0.2, 0.25) is 10.0 Å². The van der Waals surface area contributed by atoms with E-state index >= 15 is 0 Å². The molecular formula is C11H9BrCl2N2S. The van der Waals surface area contributed by atoms with Gasteiger partial charge in [0.1, 0.15) is 0 Å². The van der Waals surface area contributed by atoms with Crippen LogP contribution in [-0.2, 0) is 6.54 Å². The number of aromatic nitrogens is 1. The molecule has 1 aromatic heterocycles. The summed E-state index contributed by atoms with van der Waals surface area (Å²) in [5.74, 6) is 0. The monoisotopic (exact) mass is 350 g/mol. The van der Waals surface area contributed by atoms with Crippen molar-refractivity contribution in [2.24, 2.45) is 0 Å². The van der Waals surface area contributed by atoms with Gasteiger partial charge >= 0.3 is 0 Å². The van der Waals surface area contributed by atoms with E-state index in [1.807, 2.05) is 25.3 Å². The minimum atomic E-state index is 0.525. The van der Waals surface area contributed by atoms with Crippen LogP contribution < -0.4 is 5.32 Å². The Morgan fingerprint density at radius 2 is 2.12 bits per heavy atom. The third-order valence-electron chi connectivity index (χ3n) is 2.16. The zero-order valence-corrected chi connectivity index (χ0v) is 12.8. The number of thiazole rings is 1. The van der Waals surface area contributed by atoms with Gasteiger partial charge in [0, 0.05) is 15.5 Å². The van der Waals surface area contributed by atoms with Gasteiger partial charge < -0.3 is 5.32 Å². The molecular weight excluding hydrogens is 343 g/mol. The van der Waals surface area contributed by atoms with Crippen molar-refractivity contribution in [1.82, 2.24) is 4.98 Å². The van der Waals surface area contributed by atoms with E-state index in [0.29, 0.717) is 16.6 Å². The zero-order chi connectivity index (χ0) is 12.4. The molecule has 0 bridgehead atoms. The fourth-order valence-corrected chi connectivity index (χ4v) is 2.91. The normalized spacial score (nSPS) is 10.6. The molecule has 0 aliphatic heterocycles. The lowest BCUT2D eigenvalue weighted by Crippen LogP contribution is -1.98. The highest BCUT2D eigenvalue weighted by Gasteiger charge is 2.08. The summed E-state index contributed by atoms with van der Waals surface area (Å²) < 4.78 is 0.795. The molecule has 0 aliphatic rings. The standard InChI is InChI=1S/C11H9BrCl2N2S/c1-6-15-4-7(17-6)5-16-9-3-2-8(12)10(13)11(9)14/h2-4,16H,5H2,1H3. The van der Waals surface area contributed by atoms with E-state index in [4.69, 9.17) is 23.2 Å². The quantitative estimate of drug-likeness (QED) is 0.775. The lowest BCUT2D eigenvalue weighted by Gasteiger charge is -2.09. The highest BCUT2D eigenvalue weighted by molar-refractivity contribution is 9.10. The molecule has 2 nitrogen and oxygen atoms in total. The summed E-state index contributed by atoms with van der Waals surface area (Å²) in [5.41, 5.74) is 0.825. The van der Waals surface area contributed by atoms with Crippen LogP contribution in [-0.4, -0.2) is 4.98 Å². The van der Waals surface area contributed by atoms with Crippen molar-refractivity contribution in [3.05, 3.63) is 42.7 Å². The van der Waals surface area contributed by atoms with Crippen molar-refractivity contribution in [3.8, 4) is 0 Å². The lowest BCUT2D eigenvalue weighted by atomic mass is 10.3. The number of hydrogen-bond donors (Lipinski definition) is 1. The predicted octanol–water partition coefficient (Wildman–Crippen LogP) is 5.13. The van der Waals surface area contributed by atoms with Gasteiger partial charge in [-0.05, 0) is 35.0 Å². The number of nitrogens with zero attached hydrogens (tertiary/aromatic N) is 1. The Labute approximate surface area is 122 Å². The van der Waals surface area contributed by atoms with Gasteiger partial charge in [-0.3, -0.25) is 0 Å². The molecule has 0 aliphatic carbocycles. The smallest absolute Gasteiger partial charge is 0.0897 e. The summed E-state index contributed by atoms with van der Waals surface area (Å²) in [4.78, 5) is 5.36. The molecule has 6 heteroatoms. The average molecular weight is 352 g/mol. The van der Waals surface area contributed by atoms with Crippen LogP contribution in [0, 0.1) is 6.92 Å². The number of hydrogen-bond acceptors (Lipinski definition) is 3. The van der Waals surface area contributed by atoms with Gasteiger partial charge in [0.25, 0.3) is 0 Å². The lowest BCUT2D eigenvalue weighted by molar-refractivity contribution is 1.17. The summed E-state index contributed by atoms with van der Waals surface area (Å²) in [6.45, 7) is 2.68. The molecule has 1 N–H and O–H groups in total. The summed E-state index contributed by atoms with van der Waals surface area (Å²) in [6, 6.07) is 3.76. The number of aryl methyl sites for hydroxylation is 1. The largest absolute Gasteiger partial charge is 0.379 e. The Morgan fingerprint density at radius 3 is 2.76 bits per heavy atom. The van der Waals surface area contributed by atoms with Crippen molar-refractivity contribution in [2.75, 3.05) is 5.32 Å². The number of benzene rings is 1. The molecule has 0 saturated heterocycles. The van der Waals surface area contributed by atoms with Crippen LogP contribution in [0.4, 0.5) is 5.69 Å². The van der Waals surface area contributed by atoms with E-state index in [1.165, 1.54) is 0 Å². The highest BCUT2D eigenvalue weighted by Crippen LogP contribution is 2.36. The molecule has 2 rings (SSSR count). The first-order valence-electron chi connectivity index (χ1n) is 4.86. The van der Waals surface area contributed by atoms with Crippen molar-refractivity contribution in [1.29, 1.82) is 0 Å². The maximum absolute atomic E-state index is 6.13. The van der Waals surface area contributed by atoms with Crippen LogP contribution in [0.1, 0.15) is 9.88 Å². The molecule has 0 atom stereocenters. The topological polar surface area (TPSA) is 24.9 Å². The average Bonchev–Trinajstić information content (AvgIpc) is 2.71. The molecule has 1 heterocycles. The Bertz CT molecular complexity index is 542. The van der Waals surface area contributed by atoms with E-state index < -0.39 is 0 Å². The van der Waals surface area contributed by atoms with Crippen LogP contribution in [0.15, 0.2) is 22.8 Å². The molecule has 0 radical (unpaired) electrons. The van der Waals surface area contributed by atoms with Crippen LogP contribution in [0.5, 0.6) is 0 Å². The molecule has 0 fully saturated rings. The van der Waals surface area contributed by atoms with Crippen LogP contribution in [0.25, 0.3) is 0 Å². The second-order valence-corrected chi connectivity index (χ2v) is 6.35. The Morgan fingerprint density at radius 1 is 1.35 bits per heavy atom. The Hall–Kier alpha value is -0.290. The van der Waals surface area contributed by atoms with Crippen molar-refractivity contribution in [3.63, 3.8) is 0 Å². The van der Waals surface area contributed by atoms with Gasteiger partial charge in [0.15, 0.2) is 0 Å². The van der Waals surface area contributed by atoms with Crippen molar-refractivity contribution in [2.45, 2.75) is 13.5 Å². The number of anilines is 1. The first-order chi connectivity index (χ1) is 8.08. The first-order valence-corrected chi connectivity index (χ1v) is 7.23. The van der Waals surface area contributed by atoms with E-state index in [-0.39, 0.29) is 0 Å². The molecule has 0 spiro atoms. The van der Waals surface area contributed by atoms with E-state index in [1.54, 1.807) is 11.3 Å². The van der Waals surface area contributed by atoms with Gasteiger partial charge in [0.05, 0.1) is 27.3 Å². The molecule has 0 saturated carbocycles. The van der Waals surface area contributed by atoms with Gasteiger partial charge in [-0.1, -0.05) is 23.2 Å². The maximum Gasteiger partial charge on any atom is 0.0897 e. The van der Waals surface area contributed by atoms with Crippen LogP contribution >= 0.6 is 50.5 Å². The SMILES string of the molecule is Cc1ncc(CNc2ccc(Br)c(Cl)c2Cl)s1. The number of rotatable bonds is 3. The molecule has 0 amide bonds. The van der Waals surface area contributed by atoms with E-state index in [0.717, 1.165) is 20.0 Å². The predicted molar refractivity (Wildman–Crippen MR) is 78.3 cm³/mol. The van der Waals surface area contributed by atoms with E-state index in [2.05, 4.69) is 26.2 Å². The van der Waals surface area contributed by atoms with Gasteiger partial charge in [0.2, 0.25) is 0 Å². The Balaban J connectivity index is 2.12. The third-order valence-corrected chi connectivity index (χ3v) is 4.84. The second kappa shape index (κ2) is 5.57. The minimum absolute atomic E-state index is 0.525. The summed E-state index contributed by atoms with van der Waals surface area (Å²) in [6.07, 6.45) is 1.86. The molecule has 17 heavy (non-hydrogen) atoms. The zero-order valence-electron chi connectivity index (χ0n) is 8.93. The summed E-state index contributed by atoms with van der Waals surface area (Å²) in [7, 11) is 0. The fourth-order valence-electron chi connectivity index (χ4n) is 1.33. The van der Waals surface area contributed by atoms with Gasteiger partial charge in [-0.25, -0.2) is 4.98 Å². The minimum Gasteiger partial charge on any atom is -0.379 e. The van der Waals surface area contributed by atoms with Crippen molar-refractivity contribution >= 4 is 56.2 Å². The maximum atomic E-state index is 6.13. The highest BCUT2D eigenvalue weighted by atomic mass is 79.9. The van der Waals surface area contributed by atoms with Crippen LogP contribution in [0.3, 0.4) is 0 Å². The molecule has 90 valence electrons. The van der Waals surface area contributed by atoms with Gasteiger partial charge in [-0.2, -0.15) is 0 Å².